The van der Waals surface area contributed by atoms with Crippen LogP contribution in [0.25, 0.3) is 0 Å². The molecule has 1 heterocycles. The molecule has 6 heteroatoms. The van der Waals surface area contributed by atoms with E-state index in [0.717, 1.165) is 38.5 Å². The number of rotatable bonds is 7. The highest BCUT2D eigenvalue weighted by atomic mass is 35.5. The number of benzene rings is 1. The highest BCUT2D eigenvalue weighted by Crippen LogP contribution is 2.15. The molecule has 5 nitrogen and oxygen atoms in total. The predicted octanol–water partition coefficient (Wildman–Crippen LogP) is 2.29. The zero-order valence-corrected chi connectivity index (χ0v) is 14.6. The Morgan fingerprint density at radius 3 is 2.35 bits per heavy atom. The van der Waals surface area contributed by atoms with Crippen LogP contribution in [-0.4, -0.2) is 67.7 Å². The van der Waals surface area contributed by atoms with Crippen molar-refractivity contribution in [3.8, 4) is 5.75 Å². The molecule has 23 heavy (non-hydrogen) atoms. The molecule has 1 aromatic carbocycles. The fourth-order valence-electron chi connectivity index (χ4n) is 2.48. The van der Waals surface area contributed by atoms with Gasteiger partial charge in [-0.3, -0.25) is 14.6 Å². The maximum absolute atomic E-state index is 11.6. The molecule has 0 saturated carbocycles. The van der Waals surface area contributed by atoms with Crippen LogP contribution >= 0.6 is 11.6 Å². The van der Waals surface area contributed by atoms with Crippen molar-refractivity contribution in [2.24, 2.45) is 0 Å². The molecule has 0 spiro atoms. The zero-order valence-electron chi connectivity index (χ0n) is 13.8. The van der Waals surface area contributed by atoms with E-state index in [1.807, 2.05) is 38.1 Å². The molecule has 0 aliphatic carbocycles. The van der Waals surface area contributed by atoms with Gasteiger partial charge >= 0.3 is 5.97 Å². The van der Waals surface area contributed by atoms with Crippen LogP contribution in [0.2, 0.25) is 5.02 Å². The summed E-state index contributed by atoms with van der Waals surface area (Å²) in [6.07, 6.45) is -0.0474. The summed E-state index contributed by atoms with van der Waals surface area (Å²) in [6, 6.07) is 7.40. The third kappa shape index (κ3) is 6.77. The predicted molar refractivity (Wildman–Crippen MR) is 91.1 cm³/mol. The Balaban J connectivity index is 1.61. The minimum Gasteiger partial charge on any atom is -0.492 e. The Bertz CT molecular complexity index is 485. The molecule has 0 amide bonds. The van der Waals surface area contributed by atoms with Gasteiger partial charge in [0.25, 0.3) is 0 Å². The van der Waals surface area contributed by atoms with Crippen molar-refractivity contribution in [2.45, 2.75) is 20.0 Å². The SMILES string of the molecule is CC(C)OC(=O)CN1CCN(CCOc2ccc(Cl)cc2)CC1. The molecule has 128 valence electrons. The lowest BCUT2D eigenvalue weighted by atomic mass is 10.3. The molecule has 1 aliphatic rings. The van der Waals surface area contributed by atoms with Gasteiger partial charge in [0.05, 0.1) is 12.6 Å². The maximum Gasteiger partial charge on any atom is 0.320 e. The van der Waals surface area contributed by atoms with E-state index in [1.54, 1.807) is 0 Å². The van der Waals surface area contributed by atoms with Gasteiger partial charge in [-0.25, -0.2) is 0 Å². The van der Waals surface area contributed by atoms with E-state index in [-0.39, 0.29) is 12.1 Å². The lowest BCUT2D eigenvalue weighted by molar-refractivity contribution is -0.149. The van der Waals surface area contributed by atoms with Crippen LogP contribution in [-0.2, 0) is 9.53 Å². The molecule has 0 bridgehead atoms. The minimum atomic E-state index is -0.139. The number of hydrogen-bond acceptors (Lipinski definition) is 5. The number of piperazine rings is 1. The van der Waals surface area contributed by atoms with Crippen molar-refractivity contribution in [3.05, 3.63) is 29.3 Å². The highest BCUT2D eigenvalue weighted by molar-refractivity contribution is 6.30. The largest absolute Gasteiger partial charge is 0.492 e. The summed E-state index contributed by atoms with van der Waals surface area (Å²) in [5.74, 6) is 0.698. The number of nitrogens with zero attached hydrogens (tertiary/aromatic N) is 2. The van der Waals surface area contributed by atoms with Crippen molar-refractivity contribution < 1.29 is 14.3 Å². The molecule has 1 fully saturated rings. The summed E-state index contributed by atoms with van der Waals surface area (Å²) >= 11 is 5.84. The first-order valence-electron chi connectivity index (χ1n) is 8.05. The van der Waals surface area contributed by atoms with Crippen molar-refractivity contribution in [2.75, 3.05) is 45.9 Å². The number of esters is 1. The zero-order chi connectivity index (χ0) is 16.7. The third-order valence-electron chi connectivity index (χ3n) is 3.67. The maximum atomic E-state index is 11.6. The number of carbonyl (C=O) groups is 1. The molecule has 1 aliphatic heterocycles. The van der Waals surface area contributed by atoms with E-state index in [1.165, 1.54) is 0 Å². The Morgan fingerprint density at radius 2 is 1.74 bits per heavy atom. The van der Waals surface area contributed by atoms with Crippen LogP contribution in [0.3, 0.4) is 0 Å². The second kappa shape index (κ2) is 9.11. The number of halogens is 1. The average Bonchev–Trinajstić information content (AvgIpc) is 2.50. The van der Waals surface area contributed by atoms with E-state index < -0.39 is 0 Å². The monoisotopic (exact) mass is 340 g/mol. The summed E-state index contributed by atoms with van der Waals surface area (Å²) in [7, 11) is 0. The van der Waals surface area contributed by atoms with Crippen molar-refractivity contribution in [3.63, 3.8) is 0 Å². The molecule has 0 atom stereocenters. The fraction of sp³-hybridized carbons (Fsp3) is 0.588. The molecular weight excluding hydrogens is 316 g/mol. The Kier molecular flexibility index (Phi) is 7.15. The number of carbonyl (C=O) groups excluding carboxylic acids is 1. The van der Waals surface area contributed by atoms with Crippen LogP contribution < -0.4 is 4.74 Å². The summed E-state index contributed by atoms with van der Waals surface area (Å²) in [5, 5.41) is 0.712. The van der Waals surface area contributed by atoms with Crippen LogP contribution in [0.1, 0.15) is 13.8 Å². The van der Waals surface area contributed by atoms with Crippen LogP contribution in [0.15, 0.2) is 24.3 Å². The Hall–Kier alpha value is -1.30. The molecule has 1 aromatic rings. The molecule has 2 rings (SSSR count). The van der Waals surface area contributed by atoms with E-state index in [4.69, 9.17) is 21.1 Å². The summed E-state index contributed by atoms with van der Waals surface area (Å²) in [4.78, 5) is 16.1. The Labute approximate surface area is 143 Å². The first-order valence-corrected chi connectivity index (χ1v) is 8.43. The van der Waals surface area contributed by atoms with Crippen molar-refractivity contribution in [1.29, 1.82) is 0 Å². The molecule has 0 radical (unpaired) electrons. The topological polar surface area (TPSA) is 42.0 Å². The van der Waals surface area contributed by atoms with Gasteiger partial charge in [-0.15, -0.1) is 0 Å². The van der Waals surface area contributed by atoms with E-state index in [9.17, 15) is 4.79 Å². The van der Waals surface area contributed by atoms with Crippen LogP contribution in [0, 0.1) is 0 Å². The van der Waals surface area contributed by atoms with Gasteiger partial charge < -0.3 is 9.47 Å². The van der Waals surface area contributed by atoms with Crippen LogP contribution in [0.5, 0.6) is 5.75 Å². The smallest absolute Gasteiger partial charge is 0.320 e. The molecule has 0 N–H and O–H groups in total. The number of hydrogen-bond donors (Lipinski definition) is 0. The lowest BCUT2D eigenvalue weighted by Crippen LogP contribution is -2.49. The minimum absolute atomic E-state index is 0.0474. The van der Waals surface area contributed by atoms with E-state index in [2.05, 4.69) is 9.80 Å². The summed E-state index contributed by atoms with van der Waals surface area (Å²) in [5.41, 5.74) is 0. The third-order valence-corrected chi connectivity index (χ3v) is 3.93. The quantitative estimate of drug-likeness (QED) is 0.712. The molecule has 0 unspecified atom stereocenters. The molecule has 0 aromatic heterocycles. The lowest BCUT2D eigenvalue weighted by Gasteiger charge is -2.34. The first kappa shape index (κ1) is 18.0. The second-order valence-electron chi connectivity index (χ2n) is 5.96. The average molecular weight is 341 g/mol. The standard InChI is InChI=1S/C17H25ClN2O3/c1-14(2)23-17(21)13-20-9-7-19(8-10-20)11-12-22-16-5-3-15(18)4-6-16/h3-6,14H,7-13H2,1-2H3. The summed E-state index contributed by atoms with van der Waals surface area (Å²) in [6.45, 7) is 9.31. The van der Waals surface area contributed by atoms with Gasteiger partial charge in [0, 0.05) is 37.7 Å². The van der Waals surface area contributed by atoms with Gasteiger partial charge in [-0.1, -0.05) is 11.6 Å². The van der Waals surface area contributed by atoms with Gasteiger partial charge in [-0.2, -0.15) is 0 Å². The first-order chi connectivity index (χ1) is 11.0. The van der Waals surface area contributed by atoms with E-state index >= 15 is 0 Å². The molecule has 1 saturated heterocycles. The van der Waals surface area contributed by atoms with Gasteiger partial charge in [0.15, 0.2) is 0 Å². The summed E-state index contributed by atoms with van der Waals surface area (Å²) < 4.78 is 10.9. The fourth-order valence-corrected chi connectivity index (χ4v) is 2.60. The second-order valence-corrected chi connectivity index (χ2v) is 6.40. The van der Waals surface area contributed by atoms with Gasteiger partial charge in [0.1, 0.15) is 12.4 Å². The van der Waals surface area contributed by atoms with E-state index in [0.29, 0.717) is 18.2 Å². The molecular formula is C17H25ClN2O3. The highest BCUT2D eigenvalue weighted by Gasteiger charge is 2.19. The van der Waals surface area contributed by atoms with Crippen molar-refractivity contribution >= 4 is 17.6 Å². The van der Waals surface area contributed by atoms with Gasteiger partial charge in [-0.05, 0) is 38.1 Å². The normalized spacial score (nSPS) is 16.5. The van der Waals surface area contributed by atoms with Gasteiger partial charge in [0.2, 0.25) is 0 Å². The number of ether oxygens (including phenoxy) is 2. The Morgan fingerprint density at radius 1 is 1.13 bits per heavy atom. The van der Waals surface area contributed by atoms with Crippen LogP contribution in [0.4, 0.5) is 0 Å². The van der Waals surface area contributed by atoms with Crippen molar-refractivity contribution in [1.82, 2.24) is 9.80 Å².